The highest BCUT2D eigenvalue weighted by Gasteiger charge is 2.25. The lowest BCUT2D eigenvalue weighted by Crippen LogP contribution is -2.42. The van der Waals surface area contributed by atoms with Crippen LogP contribution in [0.2, 0.25) is 0 Å². The summed E-state index contributed by atoms with van der Waals surface area (Å²) in [5.74, 6) is 0. The number of hydrogen-bond donors (Lipinski definition) is 1. The number of nitrogens with one attached hydrogen (secondary N) is 1. The Kier molecular flexibility index (Phi) is 4.06. The molecule has 92 valence electrons. The summed E-state index contributed by atoms with van der Waals surface area (Å²) in [5.41, 5.74) is 0.836. The Morgan fingerprint density at radius 3 is 2.50 bits per heavy atom. The van der Waals surface area contributed by atoms with Crippen LogP contribution in [0.25, 0.3) is 0 Å². The van der Waals surface area contributed by atoms with Crippen LogP contribution in [0.1, 0.15) is 19.4 Å². The quantitative estimate of drug-likeness (QED) is 0.819. The molecule has 0 aliphatic rings. The second kappa shape index (κ2) is 4.94. The molecule has 0 radical (unpaired) electrons. The van der Waals surface area contributed by atoms with E-state index in [4.69, 9.17) is 0 Å². The van der Waals surface area contributed by atoms with Crippen molar-refractivity contribution in [2.24, 2.45) is 0 Å². The van der Waals surface area contributed by atoms with Crippen LogP contribution >= 0.6 is 0 Å². The van der Waals surface area contributed by atoms with Gasteiger partial charge < -0.3 is 0 Å². The Bertz CT molecular complexity index is 413. The molecule has 0 aliphatic heterocycles. The van der Waals surface area contributed by atoms with E-state index in [0.29, 0.717) is 6.54 Å². The van der Waals surface area contributed by atoms with Crippen molar-refractivity contribution in [3.05, 3.63) is 18.0 Å². The number of H-pyrrole nitrogens is 1. The zero-order valence-corrected chi connectivity index (χ0v) is 10.8. The fourth-order valence-corrected chi connectivity index (χ4v) is 2.47. The normalized spacial score (nSPS) is 12.9. The Morgan fingerprint density at radius 1 is 1.44 bits per heavy atom. The topological polar surface area (TPSA) is 69.3 Å². The molecular weight excluding hydrogens is 228 g/mol. The van der Waals surface area contributed by atoms with Gasteiger partial charge in [-0.1, -0.05) is 0 Å². The molecule has 0 aromatic carbocycles. The highest BCUT2D eigenvalue weighted by atomic mass is 32.2. The molecule has 7 heteroatoms. The van der Waals surface area contributed by atoms with Gasteiger partial charge in [-0.3, -0.25) is 5.10 Å². The second-order valence-electron chi connectivity index (χ2n) is 3.98. The average Bonchev–Trinajstić information content (AvgIpc) is 2.68. The first kappa shape index (κ1) is 13.1. The zero-order valence-electron chi connectivity index (χ0n) is 10.0. The molecule has 0 saturated heterocycles. The lowest BCUT2D eigenvalue weighted by atomic mass is 10.4. The summed E-state index contributed by atoms with van der Waals surface area (Å²) in [6, 6.07) is -0.0585. The molecule has 0 spiro atoms. The van der Waals surface area contributed by atoms with Gasteiger partial charge in [0, 0.05) is 38.4 Å². The molecule has 0 unspecified atom stereocenters. The van der Waals surface area contributed by atoms with E-state index in [-0.39, 0.29) is 6.04 Å². The molecule has 1 aromatic rings. The summed E-state index contributed by atoms with van der Waals surface area (Å²) < 4.78 is 26.7. The van der Waals surface area contributed by atoms with Crippen molar-refractivity contribution in [2.45, 2.75) is 26.4 Å². The minimum absolute atomic E-state index is 0.0585. The summed E-state index contributed by atoms with van der Waals surface area (Å²) in [6.07, 6.45) is 3.29. The van der Waals surface area contributed by atoms with Crippen LogP contribution in [-0.4, -0.2) is 47.4 Å². The molecule has 0 amide bonds. The van der Waals surface area contributed by atoms with Crippen molar-refractivity contribution in [2.75, 3.05) is 14.1 Å². The van der Waals surface area contributed by atoms with Crippen LogP contribution in [0, 0.1) is 0 Å². The molecule has 0 atom stereocenters. The van der Waals surface area contributed by atoms with E-state index in [0.717, 1.165) is 5.56 Å². The van der Waals surface area contributed by atoms with Gasteiger partial charge in [0.2, 0.25) is 0 Å². The minimum atomic E-state index is -3.39. The molecule has 1 rings (SSSR count). The van der Waals surface area contributed by atoms with Crippen LogP contribution in [0.5, 0.6) is 0 Å². The average molecular weight is 246 g/mol. The molecular formula is C9H18N4O2S. The monoisotopic (exact) mass is 246 g/mol. The van der Waals surface area contributed by atoms with Crippen LogP contribution in [0.4, 0.5) is 0 Å². The van der Waals surface area contributed by atoms with Crippen molar-refractivity contribution in [3.63, 3.8) is 0 Å². The van der Waals surface area contributed by atoms with E-state index in [1.165, 1.54) is 8.61 Å². The van der Waals surface area contributed by atoms with Crippen LogP contribution in [0.15, 0.2) is 12.4 Å². The first-order valence-corrected chi connectivity index (χ1v) is 6.42. The van der Waals surface area contributed by atoms with E-state index < -0.39 is 10.2 Å². The van der Waals surface area contributed by atoms with E-state index >= 15 is 0 Å². The van der Waals surface area contributed by atoms with Crippen LogP contribution in [0.3, 0.4) is 0 Å². The van der Waals surface area contributed by atoms with Gasteiger partial charge >= 0.3 is 0 Å². The smallest absolute Gasteiger partial charge is 0.282 e. The second-order valence-corrected chi connectivity index (χ2v) is 6.08. The highest BCUT2D eigenvalue weighted by molar-refractivity contribution is 7.86. The first-order valence-electron chi connectivity index (χ1n) is 5.02. The van der Waals surface area contributed by atoms with Gasteiger partial charge in [0.1, 0.15) is 0 Å². The molecule has 16 heavy (non-hydrogen) atoms. The minimum Gasteiger partial charge on any atom is -0.285 e. The fraction of sp³-hybridized carbons (Fsp3) is 0.667. The number of aromatic amines is 1. The SMILES string of the molecule is CC(C)N(C)S(=O)(=O)N(C)Cc1cn[nH]c1. The maximum atomic E-state index is 12.0. The molecule has 6 nitrogen and oxygen atoms in total. The number of hydrogen-bond acceptors (Lipinski definition) is 3. The number of rotatable bonds is 5. The Hall–Kier alpha value is -0.920. The molecule has 1 heterocycles. The van der Waals surface area contributed by atoms with E-state index in [1.54, 1.807) is 26.5 Å². The lowest BCUT2D eigenvalue weighted by molar-refractivity contribution is 0.355. The predicted molar refractivity (Wildman–Crippen MR) is 61.9 cm³/mol. The van der Waals surface area contributed by atoms with Gasteiger partial charge in [-0.2, -0.15) is 22.1 Å². The molecule has 0 saturated carbocycles. The Balaban J connectivity index is 2.77. The third-order valence-corrected chi connectivity index (χ3v) is 4.51. The summed E-state index contributed by atoms with van der Waals surface area (Å²) in [7, 11) is -0.257. The van der Waals surface area contributed by atoms with Crippen molar-refractivity contribution >= 4 is 10.2 Å². The summed E-state index contributed by atoms with van der Waals surface area (Å²) in [4.78, 5) is 0. The maximum absolute atomic E-state index is 12.0. The van der Waals surface area contributed by atoms with Gasteiger partial charge in [0.15, 0.2) is 0 Å². The third-order valence-electron chi connectivity index (χ3n) is 2.45. The molecule has 0 aliphatic carbocycles. The van der Waals surface area contributed by atoms with E-state index in [2.05, 4.69) is 10.2 Å². The van der Waals surface area contributed by atoms with Crippen molar-refractivity contribution in [3.8, 4) is 0 Å². The Labute approximate surface area is 96.4 Å². The predicted octanol–water partition coefficient (Wildman–Crippen LogP) is 0.426. The number of nitrogens with zero attached hydrogens (tertiary/aromatic N) is 3. The fourth-order valence-electron chi connectivity index (χ4n) is 1.19. The lowest BCUT2D eigenvalue weighted by Gasteiger charge is -2.26. The van der Waals surface area contributed by atoms with Crippen molar-refractivity contribution in [1.82, 2.24) is 18.8 Å². The van der Waals surface area contributed by atoms with Gasteiger partial charge in [0.05, 0.1) is 6.20 Å². The molecule has 1 N–H and O–H groups in total. The van der Waals surface area contributed by atoms with Gasteiger partial charge in [-0.05, 0) is 13.8 Å². The molecule has 0 bridgehead atoms. The van der Waals surface area contributed by atoms with Crippen molar-refractivity contribution in [1.29, 1.82) is 0 Å². The maximum Gasteiger partial charge on any atom is 0.282 e. The summed E-state index contributed by atoms with van der Waals surface area (Å²) in [5, 5.41) is 6.43. The zero-order chi connectivity index (χ0) is 12.3. The summed E-state index contributed by atoms with van der Waals surface area (Å²) >= 11 is 0. The van der Waals surface area contributed by atoms with Crippen LogP contribution < -0.4 is 0 Å². The van der Waals surface area contributed by atoms with E-state index in [9.17, 15) is 8.42 Å². The van der Waals surface area contributed by atoms with E-state index in [1.807, 2.05) is 13.8 Å². The standard InChI is InChI=1S/C9H18N4O2S/c1-8(2)13(4)16(14,15)12(3)7-9-5-10-11-6-9/h5-6,8H,7H2,1-4H3,(H,10,11). The van der Waals surface area contributed by atoms with Gasteiger partial charge in [0.25, 0.3) is 10.2 Å². The Morgan fingerprint density at radius 2 is 2.06 bits per heavy atom. The summed E-state index contributed by atoms with van der Waals surface area (Å²) in [6.45, 7) is 3.99. The first-order chi connectivity index (χ1) is 7.35. The third kappa shape index (κ3) is 2.81. The highest BCUT2D eigenvalue weighted by Crippen LogP contribution is 2.11. The molecule has 1 aromatic heterocycles. The van der Waals surface area contributed by atoms with Crippen LogP contribution in [-0.2, 0) is 16.8 Å². The van der Waals surface area contributed by atoms with Gasteiger partial charge in [-0.25, -0.2) is 0 Å². The molecule has 0 fully saturated rings. The van der Waals surface area contributed by atoms with Crippen molar-refractivity contribution < 1.29 is 8.42 Å². The van der Waals surface area contributed by atoms with Gasteiger partial charge in [-0.15, -0.1) is 0 Å². The largest absolute Gasteiger partial charge is 0.285 e. The number of aromatic nitrogens is 2.